The standard InChI is InChI=1S/C12H13N4/c1-12(2,3)11-14-9-5-4-8(7-13)6-10(9)15-16-11/h4-6,15H,1-3H3. The van der Waals surface area contributed by atoms with Crippen LogP contribution in [0.5, 0.6) is 0 Å². The summed E-state index contributed by atoms with van der Waals surface area (Å²) in [4.78, 5) is 4.47. The number of nitriles is 1. The van der Waals surface area contributed by atoms with E-state index in [1.807, 2.05) is 6.07 Å². The Labute approximate surface area is 95.0 Å². The topological polar surface area (TPSA) is 62.3 Å². The molecular weight excluding hydrogens is 200 g/mol. The molecule has 0 saturated heterocycles. The second kappa shape index (κ2) is 3.53. The molecule has 1 aliphatic rings. The number of aliphatic imine (C=N–C) groups is 1. The average molecular weight is 213 g/mol. The van der Waals surface area contributed by atoms with Crippen LogP contribution < -0.4 is 10.9 Å². The highest BCUT2D eigenvalue weighted by atomic mass is 15.4. The van der Waals surface area contributed by atoms with Crippen molar-refractivity contribution in [3.8, 4) is 6.07 Å². The lowest BCUT2D eigenvalue weighted by Gasteiger charge is -2.25. The van der Waals surface area contributed by atoms with Gasteiger partial charge in [0.1, 0.15) is 0 Å². The minimum Gasteiger partial charge on any atom is -0.274 e. The summed E-state index contributed by atoms with van der Waals surface area (Å²) in [6.45, 7) is 6.18. The van der Waals surface area contributed by atoms with Crippen LogP contribution in [0.25, 0.3) is 0 Å². The predicted molar refractivity (Wildman–Crippen MR) is 63.5 cm³/mol. The zero-order chi connectivity index (χ0) is 11.8. The van der Waals surface area contributed by atoms with Crippen LogP contribution in [0, 0.1) is 16.7 Å². The quantitative estimate of drug-likeness (QED) is 0.720. The van der Waals surface area contributed by atoms with Gasteiger partial charge in [0.2, 0.25) is 0 Å². The van der Waals surface area contributed by atoms with Gasteiger partial charge in [0, 0.05) is 5.41 Å². The van der Waals surface area contributed by atoms with Crippen molar-refractivity contribution < 1.29 is 0 Å². The number of anilines is 1. The SMILES string of the molecule is CC(C)(C)C1=Nc2ccc(C#N)cc2N[N]1. The molecule has 81 valence electrons. The molecule has 0 aliphatic carbocycles. The summed E-state index contributed by atoms with van der Waals surface area (Å²) in [6, 6.07) is 7.43. The van der Waals surface area contributed by atoms with Crippen molar-refractivity contribution in [2.45, 2.75) is 20.8 Å². The Morgan fingerprint density at radius 2 is 2.06 bits per heavy atom. The van der Waals surface area contributed by atoms with E-state index in [1.54, 1.807) is 12.1 Å². The van der Waals surface area contributed by atoms with Crippen molar-refractivity contribution in [1.29, 1.82) is 5.26 Å². The first-order chi connectivity index (χ1) is 7.50. The summed E-state index contributed by atoms with van der Waals surface area (Å²) in [5, 5.41) is 8.78. The Balaban J connectivity index is 2.43. The molecular formula is C12H13N4. The van der Waals surface area contributed by atoms with E-state index in [0.29, 0.717) is 5.56 Å². The van der Waals surface area contributed by atoms with Crippen LogP contribution in [-0.4, -0.2) is 5.84 Å². The number of amidine groups is 1. The largest absolute Gasteiger partial charge is 0.274 e. The highest BCUT2D eigenvalue weighted by molar-refractivity contribution is 5.94. The minimum absolute atomic E-state index is 0.0847. The van der Waals surface area contributed by atoms with Crippen molar-refractivity contribution >= 4 is 17.2 Å². The molecule has 1 aliphatic heterocycles. The molecule has 0 amide bonds. The maximum Gasteiger partial charge on any atom is 0.154 e. The van der Waals surface area contributed by atoms with Gasteiger partial charge in [0.05, 0.1) is 23.0 Å². The van der Waals surface area contributed by atoms with Gasteiger partial charge in [-0.1, -0.05) is 20.8 Å². The van der Waals surface area contributed by atoms with E-state index in [9.17, 15) is 0 Å². The monoisotopic (exact) mass is 213 g/mol. The molecule has 4 nitrogen and oxygen atoms in total. The summed E-state index contributed by atoms with van der Waals surface area (Å²) < 4.78 is 0. The zero-order valence-electron chi connectivity index (χ0n) is 9.57. The molecule has 1 radical (unpaired) electrons. The van der Waals surface area contributed by atoms with Crippen LogP contribution in [0.4, 0.5) is 11.4 Å². The fraction of sp³-hybridized carbons (Fsp3) is 0.333. The van der Waals surface area contributed by atoms with E-state index in [4.69, 9.17) is 5.26 Å². The van der Waals surface area contributed by atoms with Gasteiger partial charge < -0.3 is 0 Å². The number of nitrogens with one attached hydrogen (secondary N) is 1. The van der Waals surface area contributed by atoms with Gasteiger partial charge in [-0.3, -0.25) is 5.43 Å². The molecule has 1 aromatic carbocycles. The Morgan fingerprint density at radius 1 is 1.31 bits per heavy atom. The van der Waals surface area contributed by atoms with Gasteiger partial charge in [0.25, 0.3) is 0 Å². The molecule has 1 aromatic rings. The molecule has 0 saturated carbocycles. The van der Waals surface area contributed by atoms with Gasteiger partial charge in [-0.2, -0.15) is 10.7 Å². The number of hydrogen-bond acceptors (Lipinski definition) is 3. The normalized spacial score (nSPS) is 14.0. The molecule has 1 heterocycles. The van der Waals surface area contributed by atoms with Gasteiger partial charge in [-0.25, -0.2) is 4.99 Å². The maximum absolute atomic E-state index is 8.78. The summed E-state index contributed by atoms with van der Waals surface area (Å²) in [6.07, 6.45) is 0. The van der Waals surface area contributed by atoms with Crippen molar-refractivity contribution in [3.05, 3.63) is 23.8 Å². The third kappa shape index (κ3) is 1.84. The maximum atomic E-state index is 8.78. The lowest BCUT2D eigenvalue weighted by molar-refractivity contribution is 0.568. The van der Waals surface area contributed by atoms with E-state index in [1.165, 1.54) is 0 Å². The van der Waals surface area contributed by atoms with Crippen molar-refractivity contribution in [2.24, 2.45) is 10.4 Å². The second-order valence-electron chi connectivity index (χ2n) is 4.75. The number of nitrogens with zero attached hydrogens (tertiary/aromatic N) is 3. The fourth-order valence-corrected chi connectivity index (χ4v) is 1.38. The van der Waals surface area contributed by atoms with Crippen LogP contribution in [-0.2, 0) is 0 Å². The molecule has 0 unspecified atom stereocenters. The van der Waals surface area contributed by atoms with Gasteiger partial charge in [-0.05, 0) is 18.2 Å². The first-order valence-corrected chi connectivity index (χ1v) is 5.11. The number of fused-ring (bicyclic) bond motifs is 1. The summed E-state index contributed by atoms with van der Waals surface area (Å²) in [5.41, 5.74) is 9.28. The Bertz CT molecular complexity index is 489. The molecule has 0 aromatic heterocycles. The zero-order valence-corrected chi connectivity index (χ0v) is 9.57. The number of benzene rings is 1. The lowest BCUT2D eigenvalue weighted by atomic mass is 9.95. The van der Waals surface area contributed by atoms with Gasteiger partial charge >= 0.3 is 0 Å². The first kappa shape index (κ1) is 10.5. The Hall–Kier alpha value is -2.02. The average Bonchev–Trinajstić information content (AvgIpc) is 2.26. The smallest absolute Gasteiger partial charge is 0.154 e. The van der Waals surface area contributed by atoms with Crippen molar-refractivity contribution in [3.63, 3.8) is 0 Å². The summed E-state index contributed by atoms with van der Waals surface area (Å²) in [5.74, 6) is 0.768. The molecule has 0 bridgehead atoms. The highest BCUT2D eigenvalue weighted by Gasteiger charge is 2.24. The van der Waals surface area contributed by atoms with Crippen molar-refractivity contribution in [1.82, 2.24) is 5.43 Å². The summed E-state index contributed by atoms with van der Waals surface area (Å²) >= 11 is 0. The summed E-state index contributed by atoms with van der Waals surface area (Å²) in [7, 11) is 0. The Kier molecular flexibility index (Phi) is 2.31. The predicted octanol–water partition coefficient (Wildman–Crippen LogP) is 2.58. The first-order valence-electron chi connectivity index (χ1n) is 5.11. The fourth-order valence-electron chi connectivity index (χ4n) is 1.38. The molecule has 0 spiro atoms. The number of hydrogen-bond donors (Lipinski definition) is 1. The minimum atomic E-state index is -0.0847. The van der Waals surface area contributed by atoms with Crippen molar-refractivity contribution in [2.75, 3.05) is 5.43 Å². The molecule has 0 fully saturated rings. The molecule has 4 heteroatoms. The van der Waals surface area contributed by atoms with Crippen LogP contribution in [0.2, 0.25) is 0 Å². The van der Waals surface area contributed by atoms with E-state index < -0.39 is 0 Å². The lowest BCUT2D eigenvalue weighted by Crippen LogP contribution is -2.34. The van der Waals surface area contributed by atoms with Crippen LogP contribution >= 0.6 is 0 Å². The van der Waals surface area contributed by atoms with Gasteiger partial charge in [0.15, 0.2) is 5.84 Å². The van der Waals surface area contributed by atoms with Crippen LogP contribution in [0.15, 0.2) is 23.2 Å². The van der Waals surface area contributed by atoms with Crippen LogP contribution in [0.3, 0.4) is 0 Å². The van der Waals surface area contributed by atoms with E-state index in [2.05, 4.69) is 42.7 Å². The van der Waals surface area contributed by atoms with Crippen LogP contribution in [0.1, 0.15) is 26.3 Å². The van der Waals surface area contributed by atoms with Gasteiger partial charge in [-0.15, -0.1) is 0 Å². The molecule has 0 atom stereocenters. The van der Waals surface area contributed by atoms with E-state index in [0.717, 1.165) is 17.2 Å². The van der Waals surface area contributed by atoms with E-state index >= 15 is 0 Å². The Morgan fingerprint density at radius 3 is 2.69 bits per heavy atom. The third-order valence-corrected chi connectivity index (χ3v) is 2.31. The second-order valence-corrected chi connectivity index (χ2v) is 4.75. The van der Waals surface area contributed by atoms with E-state index in [-0.39, 0.29) is 5.41 Å². The third-order valence-electron chi connectivity index (χ3n) is 2.31. The number of rotatable bonds is 0. The molecule has 2 rings (SSSR count). The highest BCUT2D eigenvalue weighted by Crippen LogP contribution is 2.31. The molecule has 16 heavy (non-hydrogen) atoms. The molecule has 1 N–H and O–H groups in total.